The highest BCUT2D eigenvalue weighted by Gasteiger charge is 2.08. The van der Waals surface area contributed by atoms with Crippen molar-refractivity contribution in [2.24, 2.45) is 0 Å². The van der Waals surface area contributed by atoms with Crippen LogP contribution in [0.5, 0.6) is 11.5 Å². The van der Waals surface area contributed by atoms with E-state index in [4.69, 9.17) is 33.7 Å². The van der Waals surface area contributed by atoms with Gasteiger partial charge in [0.25, 0.3) is 0 Å². The Hall–Kier alpha value is -1.97. The second-order valence-electron chi connectivity index (χ2n) is 4.23. The molecular formula is C15H10Cl2N2O. The van der Waals surface area contributed by atoms with E-state index in [2.05, 4.69) is 4.98 Å². The first-order valence-corrected chi connectivity index (χ1v) is 6.67. The van der Waals surface area contributed by atoms with Crippen molar-refractivity contribution in [1.29, 1.82) is 0 Å². The van der Waals surface area contributed by atoms with Crippen molar-refractivity contribution < 1.29 is 4.74 Å². The number of pyridine rings is 1. The lowest BCUT2D eigenvalue weighted by molar-refractivity contribution is 0.487. The molecule has 2 aromatic carbocycles. The van der Waals surface area contributed by atoms with E-state index in [1.54, 1.807) is 36.5 Å². The van der Waals surface area contributed by atoms with Gasteiger partial charge < -0.3 is 10.5 Å². The van der Waals surface area contributed by atoms with Crippen LogP contribution in [0.4, 0.5) is 5.69 Å². The SMILES string of the molecule is Nc1ccc(Oc2ccc(Cl)c(Cl)c2)c2ncccc12. The number of rotatable bonds is 2. The molecule has 0 radical (unpaired) electrons. The number of nitrogen functional groups attached to an aromatic ring is 1. The van der Waals surface area contributed by atoms with Gasteiger partial charge in [-0.15, -0.1) is 0 Å². The van der Waals surface area contributed by atoms with Gasteiger partial charge in [0.05, 0.1) is 10.0 Å². The maximum atomic E-state index is 5.98. The Balaban J connectivity index is 2.06. The van der Waals surface area contributed by atoms with Gasteiger partial charge in [-0.2, -0.15) is 0 Å². The number of hydrogen-bond acceptors (Lipinski definition) is 3. The summed E-state index contributed by atoms with van der Waals surface area (Å²) in [4.78, 5) is 4.31. The van der Waals surface area contributed by atoms with Crippen LogP contribution in [-0.4, -0.2) is 4.98 Å². The first kappa shape index (κ1) is 13.0. The van der Waals surface area contributed by atoms with Crippen molar-refractivity contribution in [3.8, 4) is 11.5 Å². The van der Waals surface area contributed by atoms with Crippen molar-refractivity contribution in [1.82, 2.24) is 4.98 Å². The molecule has 0 amide bonds. The summed E-state index contributed by atoms with van der Waals surface area (Å²) in [7, 11) is 0. The van der Waals surface area contributed by atoms with Crippen LogP contribution >= 0.6 is 23.2 Å². The zero-order valence-corrected chi connectivity index (χ0v) is 11.8. The van der Waals surface area contributed by atoms with Crippen molar-refractivity contribution in [3.63, 3.8) is 0 Å². The predicted molar refractivity (Wildman–Crippen MR) is 82.7 cm³/mol. The highest BCUT2D eigenvalue weighted by Crippen LogP contribution is 2.34. The summed E-state index contributed by atoms with van der Waals surface area (Å²) in [5.41, 5.74) is 7.30. The fourth-order valence-electron chi connectivity index (χ4n) is 1.92. The molecule has 0 saturated carbocycles. The van der Waals surface area contributed by atoms with E-state index in [1.165, 1.54) is 0 Å². The van der Waals surface area contributed by atoms with E-state index in [0.717, 1.165) is 5.39 Å². The molecule has 20 heavy (non-hydrogen) atoms. The van der Waals surface area contributed by atoms with Crippen molar-refractivity contribution in [2.75, 3.05) is 5.73 Å². The van der Waals surface area contributed by atoms with Gasteiger partial charge in [0.15, 0.2) is 5.75 Å². The van der Waals surface area contributed by atoms with Gasteiger partial charge in [-0.1, -0.05) is 23.2 Å². The normalized spacial score (nSPS) is 10.7. The quantitative estimate of drug-likeness (QED) is 0.684. The van der Waals surface area contributed by atoms with E-state index in [1.807, 2.05) is 12.1 Å². The molecule has 100 valence electrons. The van der Waals surface area contributed by atoms with Crippen LogP contribution in [-0.2, 0) is 0 Å². The maximum Gasteiger partial charge on any atom is 0.153 e. The molecule has 0 spiro atoms. The monoisotopic (exact) mass is 304 g/mol. The number of fused-ring (bicyclic) bond motifs is 1. The minimum atomic E-state index is 0.442. The molecule has 0 atom stereocenters. The molecule has 0 saturated heterocycles. The summed E-state index contributed by atoms with van der Waals surface area (Å²) in [5, 5.41) is 1.78. The molecule has 1 heterocycles. The number of benzene rings is 2. The molecular weight excluding hydrogens is 295 g/mol. The van der Waals surface area contributed by atoms with Gasteiger partial charge in [-0.05, 0) is 36.4 Å². The van der Waals surface area contributed by atoms with E-state index in [0.29, 0.717) is 32.7 Å². The molecule has 0 aliphatic carbocycles. The molecule has 0 bridgehead atoms. The lowest BCUT2D eigenvalue weighted by Gasteiger charge is -2.10. The van der Waals surface area contributed by atoms with Crippen LogP contribution in [0.25, 0.3) is 10.9 Å². The highest BCUT2D eigenvalue weighted by atomic mass is 35.5. The van der Waals surface area contributed by atoms with Crippen molar-refractivity contribution in [2.45, 2.75) is 0 Å². The minimum absolute atomic E-state index is 0.442. The Morgan fingerprint density at radius 2 is 1.85 bits per heavy atom. The molecule has 3 nitrogen and oxygen atoms in total. The smallest absolute Gasteiger partial charge is 0.153 e. The largest absolute Gasteiger partial charge is 0.455 e. The molecule has 2 N–H and O–H groups in total. The Bertz CT molecular complexity index is 790. The third kappa shape index (κ3) is 2.38. The van der Waals surface area contributed by atoms with Crippen molar-refractivity contribution >= 4 is 39.8 Å². The van der Waals surface area contributed by atoms with Gasteiger partial charge in [0.1, 0.15) is 11.3 Å². The average Bonchev–Trinajstić information content (AvgIpc) is 2.46. The Morgan fingerprint density at radius 3 is 2.65 bits per heavy atom. The fraction of sp³-hybridized carbons (Fsp3) is 0. The highest BCUT2D eigenvalue weighted by molar-refractivity contribution is 6.42. The van der Waals surface area contributed by atoms with Crippen LogP contribution in [0.2, 0.25) is 10.0 Å². The Kier molecular flexibility index (Phi) is 3.38. The minimum Gasteiger partial charge on any atom is -0.455 e. The summed E-state index contributed by atoms with van der Waals surface area (Å²) < 4.78 is 5.82. The second-order valence-corrected chi connectivity index (χ2v) is 5.04. The predicted octanol–water partition coefficient (Wildman–Crippen LogP) is 4.92. The zero-order valence-electron chi connectivity index (χ0n) is 10.3. The summed E-state index contributed by atoms with van der Waals surface area (Å²) in [5.74, 6) is 1.21. The van der Waals surface area contributed by atoms with Gasteiger partial charge in [0, 0.05) is 23.3 Å². The number of nitrogens with two attached hydrogens (primary N) is 1. The van der Waals surface area contributed by atoms with Crippen LogP contribution in [0.15, 0.2) is 48.7 Å². The number of anilines is 1. The van der Waals surface area contributed by atoms with Crippen LogP contribution in [0.1, 0.15) is 0 Å². The topological polar surface area (TPSA) is 48.1 Å². The molecule has 1 aromatic heterocycles. The van der Waals surface area contributed by atoms with Gasteiger partial charge in [0.2, 0.25) is 0 Å². The molecule has 0 fully saturated rings. The number of nitrogens with zero attached hydrogens (tertiary/aromatic N) is 1. The summed E-state index contributed by atoms with van der Waals surface area (Å²) >= 11 is 11.9. The Morgan fingerprint density at radius 1 is 1.00 bits per heavy atom. The molecule has 0 aliphatic heterocycles. The number of hydrogen-bond donors (Lipinski definition) is 1. The second kappa shape index (κ2) is 5.19. The standard InChI is InChI=1S/C15H10Cl2N2O/c16-11-4-3-9(8-12(11)17)20-14-6-5-13(18)10-2-1-7-19-15(10)14/h1-8H,18H2. The average molecular weight is 305 g/mol. The fourth-order valence-corrected chi connectivity index (χ4v) is 2.21. The molecule has 3 rings (SSSR count). The summed E-state index contributed by atoms with van der Waals surface area (Å²) in [6.45, 7) is 0. The molecule has 3 aromatic rings. The van der Waals surface area contributed by atoms with Gasteiger partial charge >= 0.3 is 0 Å². The lowest BCUT2D eigenvalue weighted by atomic mass is 10.1. The number of aromatic nitrogens is 1. The summed E-state index contributed by atoms with van der Waals surface area (Å²) in [6.07, 6.45) is 1.70. The van der Waals surface area contributed by atoms with Crippen LogP contribution < -0.4 is 10.5 Å². The van der Waals surface area contributed by atoms with Crippen LogP contribution in [0.3, 0.4) is 0 Å². The van der Waals surface area contributed by atoms with E-state index < -0.39 is 0 Å². The van der Waals surface area contributed by atoms with E-state index in [-0.39, 0.29) is 0 Å². The first-order valence-electron chi connectivity index (χ1n) is 5.91. The third-order valence-corrected chi connectivity index (χ3v) is 3.62. The summed E-state index contributed by atoms with van der Waals surface area (Å²) in [6, 6.07) is 12.4. The van der Waals surface area contributed by atoms with Crippen LogP contribution in [0, 0.1) is 0 Å². The third-order valence-electron chi connectivity index (χ3n) is 2.89. The molecule has 0 aliphatic rings. The van der Waals surface area contributed by atoms with Gasteiger partial charge in [-0.25, -0.2) is 0 Å². The number of ether oxygens (including phenoxy) is 1. The molecule has 5 heteroatoms. The zero-order chi connectivity index (χ0) is 14.1. The van der Waals surface area contributed by atoms with Crippen molar-refractivity contribution in [3.05, 3.63) is 58.7 Å². The maximum absolute atomic E-state index is 5.98. The van der Waals surface area contributed by atoms with Gasteiger partial charge in [-0.3, -0.25) is 4.98 Å². The Labute approximate surface area is 125 Å². The molecule has 0 unspecified atom stereocenters. The number of halogens is 2. The van der Waals surface area contributed by atoms with E-state index in [9.17, 15) is 0 Å². The first-order chi connectivity index (χ1) is 9.65. The van der Waals surface area contributed by atoms with E-state index >= 15 is 0 Å². The lowest BCUT2D eigenvalue weighted by Crippen LogP contribution is -1.92.